The molecule has 7 rings (SSSR count). The van der Waals surface area contributed by atoms with Gasteiger partial charge in [0.2, 0.25) is 0 Å². The van der Waals surface area contributed by atoms with E-state index in [0.717, 1.165) is 75.6 Å². The average Bonchev–Trinajstić information content (AvgIpc) is 3.02. The fourth-order valence-corrected chi connectivity index (χ4v) is 7.61. The Morgan fingerprint density at radius 3 is 1.29 bits per heavy atom. The van der Waals surface area contributed by atoms with Crippen LogP contribution in [-0.2, 0) is 22.7 Å². The first-order chi connectivity index (χ1) is 20.7. The third-order valence-electron chi connectivity index (χ3n) is 7.49. The number of rotatable bonds is 2. The molecule has 6 nitrogen and oxygen atoms in total. The highest BCUT2D eigenvalue weighted by atomic mass is 32.2. The number of hydrogen-bond donors (Lipinski definition) is 2. The molecule has 214 valence electrons. The average molecular weight is 599 g/mol. The monoisotopic (exact) mass is 598 g/mol. The SMILES string of the molecule is OCc1ccc2c(c1)/C1=C3\c4cc(CO)ccc4Sc4ccc(cc43)OCCOCCOCCOc3ccc(c1c3)S2. The van der Waals surface area contributed by atoms with E-state index >= 15 is 0 Å². The molecule has 4 aromatic carbocycles. The van der Waals surface area contributed by atoms with Gasteiger partial charge in [-0.3, -0.25) is 0 Å². The summed E-state index contributed by atoms with van der Waals surface area (Å²) in [5, 5.41) is 20.2. The van der Waals surface area contributed by atoms with Crippen LogP contribution in [0.25, 0.3) is 11.1 Å². The molecule has 0 aliphatic carbocycles. The molecule has 0 saturated heterocycles. The van der Waals surface area contributed by atoms with E-state index in [4.69, 9.17) is 18.9 Å². The molecule has 0 aromatic heterocycles. The maximum absolute atomic E-state index is 10.1. The Hall–Kier alpha value is -3.24. The second-order valence-electron chi connectivity index (χ2n) is 10.2. The molecule has 0 saturated carbocycles. The minimum absolute atomic E-state index is 0.0473. The predicted molar refractivity (Wildman–Crippen MR) is 164 cm³/mol. The Bertz CT molecular complexity index is 1560. The van der Waals surface area contributed by atoms with Crippen molar-refractivity contribution < 1.29 is 29.2 Å². The molecule has 2 N–H and O–H groups in total. The van der Waals surface area contributed by atoms with E-state index in [9.17, 15) is 10.2 Å². The molecule has 0 unspecified atom stereocenters. The van der Waals surface area contributed by atoms with E-state index in [-0.39, 0.29) is 13.2 Å². The number of benzene rings is 4. The molecule has 42 heavy (non-hydrogen) atoms. The predicted octanol–water partition coefficient (Wildman–Crippen LogP) is 6.41. The number of aliphatic hydroxyl groups is 2. The molecule has 4 bridgehead atoms. The molecule has 0 spiro atoms. The topological polar surface area (TPSA) is 77.4 Å². The third kappa shape index (κ3) is 5.35. The number of hydrogen-bond acceptors (Lipinski definition) is 8. The molecule has 0 atom stereocenters. The lowest BCUT2D eigenvalue weighted by Crippen LogP contribution is -2.14. The first kappa shape index (κ1) is 27.6. The van der Waals surface area contributed by atoms with Crippen LogP contribution in [-0.4, -0.2) is 49.9 Å². The third-order valence-corrected chi connectivity index (χ3v) is 9.79. The Morgan fingerprint density at radius 2 is 0.857 bits per heavy atom. The zero-order valence-electron chi connectivity index (χ0n) is 22.9. The first-order valence-corrected chi connectivity index (χ1v) is 15.6. The van der Waals surface area contributed by atoms with Crippen LogP contribution in [0.4, 0.5) is 0 Å². The van der Waals surface area contributed by atoms with Crippen molar-refractivity contribution in [1.82, 2.24) is 0 Å². The maximum Gasteiger partial charge on any atom is 0.120 e. The van der Waals surface area contributed by atoms with Crippen LogP contribution >= 0.6 is 23.5 Å². The molecule has 3 aliphatic rings. The van der Waals surface area contributed by atoms with Gasteiger partial charge in [0.1, 0.15) is 24.7 Å². The summed E-state index contributed by atoms with van der Waals surface area (Å²) in [7, 11) is 0. The van der Waals surface area contributed by atoms with Gasteiger partial charge in [-0.25, -0.2) is 0 Å². The summed E-state index contributed by atoms with van der Waals surface area (Å²) in [6, 6.07) is 24.8. The highest BCUT2D eigenvalue weighted by molar-refractivity contribution is 8.00. The molecule has 3 aliphatic heterocycles. The smallest absolute Gasteiger partial charge is 0.120 e. The Balaban J connectivity index is 1.53. The zero-order chi connectivity index (χ0) is 28.5. The van der Waals surface area contributed by atoms with E-state index in [1.165, 1.54) is 0 Å². The fraction of sp³-hybridized carbons (Fsp3) is 0.235. The molecule has 0 fully saturated rings. The van der Waals surface area contributed by atoms with Crippen molar-refractivity contribution >= 4 is 34.7 Å². The molecular weight excluding hydrogens is 569 g/mol. The molecule has 3 heterocycles. The summed E-state index contributed by atoms with van der Waals surface area (Å²) >= 11 is 3.44. The summed E-state index contributed by atoms with van der Waals surface area (Å²) < 4.78 is 23.7. The molecule has 0 radical (unpaired) electrons. The standard InChI is InChI=1S/C34H30O6S2/c35-19-21-1-5-29-25(15-21)33-27-17-23(3-7-31(27)41-29)39-13-11-37-9-10-38-12-14-40-24-4-8-32-28(18-24)34(33)26-16-22(20-36)2-6-30(26)42-32/h1-8,15-18,35-36H,9-14,19-20H2/b34-33-. The van der Waals surface area contributed by atoms with Gasteiger partial charge in [0.15, 0.2) is 0 Å². The van der Waals surface area contributed by atoms with Crippen molar-refractivity contribution in [2.75, 3.05) is 39.6 Å². The van der Waals surface area contributed by atoms with Crippen LogP contribution in [0.5, 0.6) is 11.5 Å². The summed E-state index contributed by atoms with van der Waals surface area (Å²) in [6.45, 7) is 2.68. The van der Waals surface area contributed by atoms with E-state index in [0.29, 0.717) is 39.6 Å². The molecule has 4 aromatic rings. The normalized spacial score (nSPS) is 18.0. The lowest BCUT2D eigenvalue weighted by atomic mass is 9.84. The van der Waals surface area contributed by atoms with E-state index in [1.54, 1.807) is 23.5 Å². The summed E-state index contributed by atoms with van der Waals surface area (Å²) in [4.78, 5) is 4.50. The van der Waals surface area contributed by atoms with Gasteiger partial charge in [0.25, 0.3) is 0 Å². The van der Waals surface area contributed by atoms with Crippen LogP contribution in [0.2, 0.25) is 0 Å². The van der Waals surface area contributed by atoms with Crippen molar-refractivity contribution in [2.24, 2.45) is 0 Å². The Morgan fingerprint density at radius 1 is 0.476 bits per heavy atom. The van der Waals surface area contributed by atoms with Crippen molar-refractivity contribution in [2.45, 2.75) is 32.8 Å². The van der Waals surface area contributed by atoms with Gasteiger partial charge < -0.3 is 29.2 Å². The van der Waals surface area contributed by atoms with Gasteiger partial charge in [0, 0.05) is 30.7 Å². The number of aliphatic hydroxyl groups excluding tert-OH is 2. The Labute approximate surface area is 253 Å². The summed E-state index contributed by atoms with van der Waals surface area (Å²) in [5.41, 5.74) is 8.07. The van der Waals surface area contributed by atoms with Gasteiger partial charge >= 0.3 is 0 Å². The van der Waals surface area contributed by atoms with Gasteiger partial charge in [-0.15, -0.1) is 0 Å². The van der Waals surface area contributed by atoms with Crippen LogP contribution in [0.3, 0.4) is 0 Å². The van der Waals surface area contributed by atoms with Crippen molar-refractivity contribution in [3.8, 4) is 11.5 Å². The number of fused-ring (bicyclic) bond motifs is 6. The van der Waals surface area contributed by atoms with Crippen LogP contribution in [0.1, 0.15) is 33.4 Å². The lowest BCUT2D eigenvalue weighted by Gasteiger charge is -2.30. The molecule has 8 heteroatoms. The van der Waals surface area contributed by atoms with Crippen molar-refractivity contribution in [1.29, 1.82) is 0 Å². The van der Waals surface area contributed by atoms with E-state index in [1.807, 2.05) is 24.3 Å². The summed E-state index contributed by atoms with van der Waals surface area (Å²) in [6.07, 6.45) is 0. The molecule has 0 amide bonds. The lowest BCUT2D eigenvalue weighted by molar-refractivity contribution is 0.0273. The maximum atomic E-state index is 10.1. The first-order valence-electron chi connectivity index (χ1n) is 14.0. The quantitative estimate of drug-likeness (QED) is 0.237. The second-order valence-corrected chi connectivity index (χ2v) is 12.3. The van der Waals surface area contributed by atoms with Gasteiger partial charge in [-0.05, 0) is 94.1 Å². The number of ether oxygens (including phenoxy) is 4. The van der Waals surface area contributed by atoms with Gasteiger partial charge in [-0.2, -0.15) is 0 Å². The largest absolute Gasteiger partial charge is 0.491 e. The Kier molecular flexibility index (Phi) is 7.99. The highest BCUT2D eigenvalue weighted by Gasteiger charge is 2.31. The minimum Gasteiger partial charge on any atom is -0.491 e. The van der Waals surface area contributed by atoms with Gasteiger partial charge in [-0.1, -0.05) is 35.7 Å². The van der Waals surface area contributed by atoms with Crippen LogP contribution < -0.4 is 9.47 Å². The highest BCUT2D eigenvalue weighted by Crippen LogP contribution is 2.55. The van der Waals surface area contributed by atoms with E-state index in [2.05, 4.69) is 48.5 Å². The van der Waals surface area contributed by atoms with E-state index < -0.39 is 0 Å². The zero-order valence-corrected chi connectivity index (χ0v) is 24.6. The molecular formula is C34H30O6S2. The summed E-state index contributed by atoms with van der Waals surface area (Å²) in [5.74, 6) is 1.53. The van der Waals surface area contributed by atoms with Crippen LogP contribution in [0, 0.1) is 0 Å². The minimum atomic E-state index is -0.0473. The van der Waals surface area contributed by atoms with Crippen LogP contribution in [0.15, 0.2) is 92.4 Å². The van der Waals surface area contributed by atoms with Gasteiger partial charge in [0.05, 0.1) is 39.6 Å². The van der Waals surface area contributed by atoms with Crippen molar-refractivity contribution in [3.05, 3.63) is 106 Å². The fourth-order valence-electron chi connectivity index (χ4n) is 5.51. The second kappa shape index (κ2) is 12.2. The van der Waals surface area contributed by atoms with Crippen molar-refractivity contribution in [3.63, 3.8) is 0 Å².